The molecule has 2 aromatic carbocycles. The lowest BCUT2D eigenvalue weighted by Gasteiger charge is -2.11. The molecule has 0 radical (unpaired) electrons. The summed E-state index contributed by atoms with van der Waals surface area (Å²) in [6.07, 6.45) is 0.672. The van der Waals surface area contributed by atoms with E-state index < -0.39 is 5.91 Å². The molecule has 0 spiro atoms. The first-order valence-electron chi connectivity index (χ1n) is 7.37. The highest BCUT2D eigenvalue weighted by Gasteiger charge is 2.07. The van der Waals surface area contributed by atoms with Crippen LogP contribution in [0.2, 0.25) is 0 Å². The molecule has 0 saturated heterocycles. The van der Waals surface area contributed by atoms with Gasteiger partial charge in [-0.15, -0.1) is 0 Å². The van der Waals surface area contributed by atoms with Crippen molar-refractivity contribution < 1.29 is 14.3 Å². The Morgan fingerprint density at radius 2 is 1.40 bits per heavy atom. The average molecular weight is 471 g/mol. The summed E-state index contributed by atoms with van der Waals surface area (Å²) >= 11 is 6.75. The Labute approximate surface area is 162 Å². The predicted octanol–water partition coefficient (Wildman–Crippen LogP) is 3.44. The number of benzene rings is 2. The van der Waals surface area contributed by atoms with Crippen molar-refractivity contribution in [3.63, 3.8) is 0 Å². The Bertz CT molecular complexity index is 731. The van der Waals surface area contributed by atoms with Gasteiger partial charge in [0.2, 0.25) is 5.91 Å². The Hall–Kier alpha value is -2.06. The predicted molar refractivity (Wildman–Crippen MR) is 103 cm³/mol. The SMILES string of the molecule is N=C(N)c1ccc(OCCCOc2ccc(C(N)=O)cc2Br)c(Br)c1. The molecule has 8 heteroatoms. The first kappa shape index (κ1) is 19.3. The standard InChI is InChI=1S/C17H17Br2N3O3/c18-12-8-10(16(20)21)2-4-14(12)24-6-1-7-25-15-5-3-11(17(22)23)9-13(15)19/h2-5,8-9H,1,6-7H2,(H3,20,21)(H2,22,23). The van der Waals surface area contributed by atoms with E-state index in [0.29, 0.717) is 46.7 Å². The van der Waals surface area contributed by atoms with Crippen molar-refractivity contribution in [2.24, 2.45) is 11.5 Å². The zero-order valence-corrected chi connectivity index (χ0v) is 16.4. The highest BCUT2D eigenvalue weighted by atomic mass is 79.9. The van der Waals surface area contributed by atoms with Crippen LogP contribution in [0.5, 0.6) is 11.5 Å². The second-order valence-electron chi connectivity index (χ2n) is 5.12. The number of carbonyl (C=O) groups excluding carboxylic acids is 1. The number of carbonyl (C=O) groups is 1. The van der Waals surface area contributed by atoms with Gasteiger partial charge in [-0.25, -0.2) is 0 Å². The Balaban J connectivity index is 1.80. The number of hydrogen-bond acceptors (Lipinski definition) is 4. The van der Waals surface area contributed by atoms with Crippen LogP contribution in [-0.4, -0.2) is 25.0 Å². The molecule has 25 heavy (non-hydrogen) atoms. The van der Waals surface area contributed by atoms with Crippen molar-refractivity contribution in [3.05, 3.63) is 56.5 Å². The van der Waals surface area contributed by atoms with Crippen molar-refractivity contribution in [2.45, 2.75) is 6.42 Å². The van der Waals surface area contributed by atoms with Gasteiger partial charge in [-0.05, 0) is 68.3 Å². The number of primary amides is 1. The number of halogens is 2. The van der Waals surface area contributed by atoms with Crippen molar-refractivity contribution in [2.75, 3.05) is 13.2 Å². The van der Waals surface area contributed by atoms with Gasteiger partial charge in [0.1, 0.15) is 17.3 Å². The van der Waals surface area contributed by atoms with E-state index in [1.165, 1.54) is 0 Å². The van der Waals surface area contributed by atoms with E-state index in [4.69, 9.17) is 26.4 Å². The van der Waals surface area contributed by atoms with E-state index in [1.54, 1.807) is 36.4 Å². The van der Waals surface area contributed by atoms with Crippen LogP contribution in [0.25, 0.3) is 0 Å². The molecule has 5 N–H and O–H groups in total. The smallest absolute Gasteiger partial charge is 0.248 e. The molecule has 0 aromatic heterocycles. The molecule has 0 aliphatic rings. The fourth-order valence-electron chi connectivity index (χ4n) is 1.98. The van der Waals surface area contributed by atoms with Crippen molar-refractivity contribution >= 4 is 43.6 Å². The number of hydrogen-bond donors (Lipinski definition) is 3. The summed E-state index contributed by atoms with van der Waals surface area (Å²) in [5, 5.41) is 7.40. The molecule has 6 nitrogen and oxygen atoms in total. The van der Waals surface area contributed by atoms with E-state index in [9.17, 15) is 4.79 Å². The molecule has 0 atom stereocenters. The zero-order valence-electron chi connectivity index (χ0n) is 13.2. The van der Waals surface area contributed by atoms with Crippen molar-refractivity contribution in [1.82, 2.24) is 0 Å². The van der Waals surface area contributed by atoms with E-state index >= 15 is 0 Å². The van der Waals surface area contributed by atoms with Gasteiger partial charge in [-0.1, -0.05) is 0 Å². The molecule has 0 fully saturated rings. The van der Waals surface area contributed by atoms with E-state index in [0.717, 1.165) is 4.47 Å². The highest BCUT2D eigenvalue weighted by Crippen LogP contribution is 2.27. The summed E-state index contributed by atoms with van der Waals surface area (Å²) < 4.78 is 12.7. The van der Waals surface area contributed by atoms with Crippen LogP contribution in [0.4, 0.5) is 0 Å². The number of amidine groups is 1. The van der Waals surface area contributed by atoms with Crippen LogP contribution in [0, 0.1) is 5.41 Å². The third-order valence-electron chi connectivity index (χ3n) is 3.26. The third-order valence-corrected chi connectivity index (χ3v) is 4.50. The maximum Gasteiger partial charge on any atom is 0.248 e. The maximum absolute atomic E-state index is 11.1. The van der Waals surface area contributed by atoms with E-state index in [-0.39, 0.29) is 5.84 Å². The number of nitrogens with two attached hydrogens (primary N) is 2. The minimum Gasteiger partial charge on any atom is -0.492 e. The minimum absolute atomic E-state index is 0.00795. The van der Waals surface area contributed by atoms with E-state index in [2.05, 4.69) is 31.9 Å². The first-order chi connectivity index (χ1) is 11.9. The molecule has 2 aromatic rings. The lowest BCUT2D eigenvalue weighted by Crippen LogP contribution is -2.11. The van der Waals surface area contributed by atoms with Crippen LogP contribution in [0.3, 0.4) is 0 Å². The molecular formula is C17H17Br2N3O3. The average Bonchev–Trinajstić information content (AvgIpc) is 2.56. The minimum atomic E-state index is -0.484. The lowest BCUT2D eigenvalue weighted by atomic mass is 10.2. The number of nitrogens with one attached hydrogen (secondary N) is 1. The number of ether oxygens (including phenoxy) is 2. The number of nitrogen functional groups attached to an aromatic ring is 1. The topological polar surface area (TPSA) is 111 Å². The Morgan fingerprint density at radius 1 is 0.920 bits per heavy atom. The molecule has 0 aliphatic carbocycles. The largest absolute Gasteiger partial charge is 0.492 e. The lowest BCUT2D eigenvalue weighted by molar-refractivity contribution is 0.1000. The van der Waals surface area contributed by atoms with Gasteiger partial charge in [0.15, 0.2) is 0 Å². The molecule has 1 amide bonds. The Kier molecular flexibility index (Phi) is 6.83. The molecule has 2 rings (SSSR count). The second-order valence-corrected chi connectivity index (χ2v) is 6.83. The summed E-state index contributed by atoms with van der Waals surface area (Å²) in [5.41, 5.74) is 11.7. The fourth-order valence-corrected chi connectivity index (χ4v) is 2.97. The summed E-state index contributed by atoms with van der Waals surface area (Å²) in [4.78, 5) is 11.1. The number of rotatable bonds is 8. The zero-order chi connectivity index (χ0) is 18.4. The van der Waals surface area contributed by atoms with Gasteiger partial charge < -0.3 is 20.9 Å². The van der Waals surface area contributed by atoms with Crippen molar-refractivity contribution in [1.29, 1.82) is 5.41 Å². The molecule has 0 aliphatic heterocycles. The number of amides is 1. The summed E-state index contributed by atoms with van der Waals surface area (Å²) in [7, 11) is 0. The van der Waals surface area contributed by atoms with Gasteiger partial charge in [0.25, 0.3) is 0 Å². The summed E-state index contributed by atoms with van der Waals surface area (Å²) in [6, 6.07) is 10.2. The quantitative estimate of drug-likeness (QED) is 0.311. The molecule has 132 valence electrons. The molecular weight excluding hydrogens is 454 g/mol. The van der Waals surface area contributed by atoms with Gasteiger partial charge in [-0.2, -0.15) is 0 Å². The van der Waals surface area contributed by atoms with Gasteiger partial charge >= 0.3 is 0 Å². The first-order valence-corrected chi connectivity index (χ1v) is 8.96. The third kappa shape index (κ3) is 5.47. The fraction of sp³-hybridized carbons (Fsp3) is 0.176. The van der Waals surface area contributed by atoms with Crippen LogP contribution >= 0.6 is 31.9 Å². The van der Waals surface area contributed by atoms with Crippen LogP contribution in [-0.2, 0) is 0 Å². The maximum atomic E-state index is 11.1. The Morgan fingerprint density at radius 3 is 1.84 bits per heavy atom. The molecule has 0 heterocycles. The van der Waals surface area contributed by atoms with E-state index in [1.807, 2.05) is 0 Å². The van der Waals surface area contributed by atoms with Gasteiger partial charge in [0, 0.05) is 17.5 Å². The van der Waals surface area contributed by atoms with Crippen LogP contribution in [0.1, 0.15) is 22.3 Å². The van der Waals surface area contributed by atoms with Gasteiger partial charge in [0.05, 0.1) is 22.2 Å². The molecule has 0 bridgehead atoms. The summed E-state index contributed by atoms with van der Waals surface area (Å²) in [6.45, 7) is 0.923. The van der Waals surface area contributed by atoms with Crippen LogP contribution in [0.15, 0.2) is 45.3 Å². The molecule has 0 unspecified atom stereocenters. The highest BCUT2D eigenvalue weighted by molar-refractivity contribution is 9.10. The monoisotopic (exact) mass is 469 g/mol. The second kappa shape index (κ2) is 8.87. The molecule has 0 saturated carbocycles. The van der Waals surface area contributed by atoms with Crippen LogP contribution < -0.4 is 20.9 Å². The van der Waals surface area contributed by atoms with Gasteiger partial charge in [-0.3, -0.25) is 10.2 Å². The summed E-state index contributed by atoms with van der Waals surface area (Å²) in [5.74, 6) is 0.838. The van der Waals surface area contributed by atoms with Crippen molar-refractivity contribution in [3.8, 4) is 11.5 Å². The normalized spacial score (nSPS) is 10.3.